The van der Waals surface area contributed by atoms with Crippen LogP contribution >= 0.6 is 0 Å². The highest BCUT2D eigenvalue weighted by Gasteiger charge is 2.53. The average Bonchev–Trinajstić information content (AvgIpc) is 2.95. The number of hydrogen-bond donors (Lipinski definition) is 2. The number of carbonyl (C=O) groups excluding carboxylic acids is 3. The van der Waals surface area contributed by atoms with E-state index in [1.54, 1.807) is 38.4 Å². The van der Waals surface area contributed by atoms with E-state index in [0.717, 1.165) is 38.0 Å². The molecule has 3 aliphatic rings. The van der Waals surface area contributed by atoms with Gasteiger partial charge < -0.3 is 19.4 Å². The molecule has 11 nitrogen and oxygen atoms in total. The van der Waals surface area contributed by atoms with Crippen molar-refractivity contribution >= 4 is 33.4 Å². The van der Waals surface area contributed by atoms with Gasteiger partial charge >= 0.3 is 6.09 Å². The van der Waals surface area contributed by atoms with Gasteiger partial charge in [-0.15, -0.1) is 0 Å². The van der Waals surface area contributed by atoms with E-state index in [4.69, 9.17) is 4.74 Å². The molecule has 12 heteroatoms. The summed E-state index contributed by atoms with van der Waals surface area (Å²) in [5.41, 5.74) is 1.68. The predicted molar refractivity (Wildman–Crippen MR) is 158 cm³/mol. The first-order valence-corrected chi connectivity index (χ1v) is 16.5. The first kappa shape index (κ1) is 32.1. The molecule has 0 bridgehead atoms. The molecule has 2 atom stereocenters. The summed E-state index contributed by atoms with van der Waals surface area (Å²) in [6.45, 7) is 12.6. The van der Waals surface area contributed by atoms with Crippen LogP contribution in [0.15, 0.2) is 29.2 Å². The summed E-state index contributed by atoms with van der Waals surface area (Å²) < 4.78 is 31.2. The summed E-state index contributed by atoms with van der Waals surface area (Å²) in [7, 11) is -4.23. The first-order chi connectivity index (χ1) is 19.7. The van der Waals surface area contributed by atoms with Gasteiger partial charge in [-0.3, -0.25) is 14.8 Å². The number of nitrogens with zero attached hydrogens (tertiary/aromatic N) is 3. The highest BCUT2D eigenvalue weighted by molar-refractivity contribution is 7.93. The van der Waals surface area contributed by atoms with Gasteiger partial charge in [0.15, 0.2) is 14.6 Å². The zero-order chi connectivity index (χ0) is 30.9. The van der Waals surface area contributed by atoms with Gasteiger partial charge in [-0.05, 0) is 89.0 Å². The van der Waals surface area contributed by atoms with Crippen LogP contribution in [0.1, 0.15) is 66.7 Å². The molecule has 0 aliphatic carbocycles. The van der Waals surface area contributed by atoms with Crippen molar-refractivity contribution in [2.75, 3.05) is 44.2 Å². The standard InChI is InChI=1S/C30H46N4O7S/c1-21-18-22(2)20-34(19-21)26(35)23-10-14-32(15-11-23)24-6-8-25(9-7-24)42(39,40)30(27(36)31-38)12-16-33(17-13-30)28(37)41-29(3,4)5/h6-9,21-23,38H,10-20H2,1-5H3,(H,31,36)/t21-,22-/m1/s1. The molecule has 3 saturated heterocycles. The summed E-state index contributed by atoms with van der Waals surface area (Å²) in [6, 6.07) is 6.43. The SMILES string of the molecule is C[C@@H]1C[C@@H](C)CN(C(=O)C2CCN(c3ccc(S(=O)(=O)C4(C(=O)NO)CCN(C(=O)OC(C)(C)C)CC4)cc3)CC2)C1. The zero-order valence-electron chi connectivity index (χ0n) is 25.5. The highest BCUT2D eigenvalue weighted by atomic mass is 32.2. The number of carbonyl (C=O) groups is 3. The van der Waals surface area contributed by atoms with Crippen molar-refractivity contribution in [1.82, 2.24) is 15.3 Å². The van der Waals surface area contributed by atoms with Crippen LogP contribution in [-0.4, -0.2) is 90.9 Å². The molecule has 1 aromatic rings. The molecular weight excluding hydrogens is 560 g/mol. The number of benzene rings is 1. The Hall–Kier alpha value is -2.86. The number of anilines is 1. The van der Waals surface area contributed by atoms with Gasteiger partial charge in [0, 0.05) is 50.9 Å². The van der Waals surface area contributed by atoms with Crippen molar-refractivity contribution < 1.29 is 32.7 Å². The summed E-state index contributed by atoms with van der Waals surface area (Å²) in [5, 5.41) is 9.47. The third kappa shape index (κ3) is 6.69. The maximum Gasteiger partial charge on any atom is 0.410 e. The lowest BCUT2D eigenvalue weighted by Crippen LogP contribution is -2.58. The van der Waals surface area contributed by atoms with Crippen LogP contribution in [0, 0.1) is 17.8 Å². The maximum absolute atomic E-state index is 13.9. The van der Waals surface area contributed by atoms with Crippen molar-refractivity contribution in [3.8, 4) is 0 Å². The van der Waals surface area contributed by atoms with E-state index in [0.29, 0.717) is 24.9 Å². The molecule has 0 aromatic heterocycles. The van der Waals surface area contributed by atoms with Crippen molar-refractivity contribution in [3.05, 3.63) is 24.3 Å². The van der Waals surface area contributed by atoms with Gasteiger partial charge in [-0.1, -0.05) is 13.8 Å². The van der Waals surface area contributed by atoms with E-state index in [-0.39, 0.29) is 42.7 Å². The van der Waals surface area contributed by atoms with Crippen molar-refractivity contribution in [2.45, 2.75) is 82.0 Å². The Morgan fingerprint density at radius 2 is 1.48 bits per heavy atom. The fraction of sp³-hybridized carbons (Fsp3) is 0.700. The number of ether oxygens (including phenoxy) is 1. The zero-order valence-corrected chi connectivity index (χ0v) is 26.3. The Morgan fingerprint density at radius 3 is 1.98 bits per heavy atom. The van der Waals surface area contributed by atoms with Crippen LogP contribution in [-0.2, 0) is 24.2 Å². The smallest absolute Gasteiger partial charge is 0.410 e. The van der Waals surface area contributed by atoms with Crippen LogP contribution in [0.4, 0.5) is 10.5 Å². The highest BCUT2D eigenvalue weighted by Crippen LogP contribution is 2.37. The Bertz CT molecular complexity index is 1240. The number of likely N-dealkylation sites (tertiary alicyclic amines) is 2. The lowest BCUT2D eigenvalue weighted by molar-refractivity contribution is -0.139. The van der Waals surface area contributed by atoms with Crippen LogP contribution < -0.4 is 10.4 Å². The second kappa shape index (κ2) is 12.4. The Kier molecular flexibility index (Phi) is 9.46. The lowest BCUT2D eigenvalue weighted by atomic mass is 9.89. The Balaban J connectivity index is 1.42. The number of hydroxylamine groups is 1. The van der Waals surface area contributed by atoms with Gasteiger partial charge in [-0.25, -0.2) is 18.7 Å². The summed E-state index contributed by atoms with van der Waals surface area (Å²) in [4.78, 5) is 44.1. The molecule has 0 radical (unpaired) electrons. The number of rotatable bonds is 5. The molecule has 3 aliphatic heterocycles. The minimum Gasteiger partial charge on any atom is -0.444 e. The number of nitrogens with one attached hydrogen (secondary N) is 1. The number of piperidine rings is 3. The fourth-order valence-corrected chi connectivity index (χ4v) is 8.60. The third-order valence-electron chi connectivity index (χ3n) is 8.79. The predicted octanol–water partition coefficient (Wildman–Crippen LogP) is 3.46. The van der Waals surface area contributed by atoms with Gasteiger partial charge in [-0.2, -0.15) is 0 Å². The van der Waals surface area contributed by atoms with Gasteiger partial charge in [0.1, 0.15) is 5.60 Å². The minimum atomic E-state index is -4.23. The van der Waals surface area contributed by atoms with Crippen molar-refractivity contribution in [1.29, 1.82) is 0 Å². The van der Waals surface area contributed by atoms with Crippen molar-refractivity contribution in [3.63, 3.8) is 0 Å². The molecule has 0 saturated carbocycles. The van der Waals surface area contributed by atoms with E-state index in [9.17, 15) is 28.0 Å². The molecule has 3 heterocycles. The molecule has 234 valence electrons. The molecule has 1 aromatic carbocycles. The molecule has 42 heavy (non-hydrogen) atoms. The van der Waals surface area contributed by atoms with E-state index in [2.05, 4.69) is 18.7 Å². The van der Waals surface area contributed by atoms with Gasteiger partial charge in [0.25, 0.3) is 5.91 Å². The fourth-order valence-electron chi connectivity index (χ4n) is 6.64. The first-order valence-electron chi connectivity index (χ1n) is 15.0. The van der Waals surface area contributed by atoms with Crippen molar-refractivity contribution in [2.24, 2.45) is 17.8 Å². The third-order valence-corrected chi connectivity index (χ3v) is 11.3. The summed E-state index contributed by atoms with van der Waals surface area (Å²) >= 11 is 0. The van der Waals surface area contributed by atoms with Crippen LogP contribution in [0.25, 0.3) is 0 Å². The number of amides is 3. The number of hydrogen-bond acceptors (Lipinski definition) is 8. The lowest BCUT2D eigenvalue weighted by Gasteiger charge is -2.40. The monoisotopic (exact) mass is 606 g/mol. The quantitative estimate of drug-likeness (QED) is 0.384. The average molecular weight is 607 g/mol. The Labute approximate surface area is 249 Å². The van der Waals surface area contributed by atoms with E-state index >= 15 is 0 Å². The Morgan fingerprint density at radius 1 is 0.929 bits per heavy atom. The second-order valence-corrected chi connectivity index (χ2v) is 15.6. The van der Waals surface area contributed by atoms with Crippen LogP contribution in [0.2, 0.25) is 0 Å². The van der Waals surface area contributed by atoms with Crippen LogP contribution in [0.5, 0.6) is 0 Å². The van der Waals surface area contributed by atoms with E-state index in [1.165, 1.54) is 17.0 Å². The topological polar surface area (TPSA) is 137 Å². The normalized spacial score (nSPS) is 23.8. The number of sulfone groups is 1. The van der Waals surface area contributed by atoms with Gasteiger partial charge in [0.2, 0.25) is 5.91 Å². The molecular formula is C30H46N4O7S. The molecule has 2 N–H and O–H groups in total. The largest absolute Gasteiger partial charge is 0.444 e. The van der Waals surface area contributed by atoms with Gasteiger partial charge in [0.05, 0.1) is 4.90 Å². The summed E-state index contributed by atoms with van der Waals surface area (Å²) in [6.07, 6.45) is 1.70. The summed E-state index contributed by atoms with van der Waals surface area (Å²) in [5.74, 6) is 0.279. The second-order valence-electron chi connectivity index (χ2n) is 13.4. The molecule has 3 fully saturated rings. The molecule has 0 spiro atoms. The minimum absolute atomic E-state index is 0.00167. The molecule has 4 rings (SSSR count). The van der Waals surface area contributed by atoms with Crippen LogP contribution in [0.3, 0.4) is 0 Å². The molecule has 0 unspecified atom stereocenters. The van der Waals surface area contributed by atoms with E-state index in [1.807, 2.05) is 4.90 Å². The maximum atomic E-state index is 13.9. The van der Waals surface area contributed by atoms with E-state index < -0.39 is 32.2 Å². The molecule has 3 amide bonds.